The molecule has 20 heavy (non-hydrogen) atoms. The van der Waals surface area contributed by atoms with Gasteiger partial charge in [-0.05, 0) is 43.5 Å². The van der Waals surface area contributed by atoms with E-state index in [2.05, 4.69) is 41.0 Å². The van der Waals surface area contributed by atoms with Gasteiger partial charge in [-0.2, -0.15) is 0 Å². The minimum Gasteiger partial charge on any atom is -0.481 e. The Morgan fingerprint density at radius 3 is 2.60 bits per heavy atom. The zero-order valence-electron chi connectivity index (χ0n) is 12.5. The number of carbonyl (C=O) groups is 1. The second kappa shape index (κ2) is 6.27. The molecule has 0 bridgehead atoms. The van der Waals surface area contributed by atoms with Crippen LogP contribution in [0.4, 0.5) is 5.69 Å². The Bertz CT molecular complexity index is 456. The Labute approximate surface area is 121 Å². The quantitative estimate of drug-likeness (QED) is 0.898. The lowest BCUT2D eigenvalue weighted by Gasteiger charge is -2.25. The zero-order chi connectivity index (χ0) is 14.7. The fourth-order valence-electron chi connectivity index (χ4n) is 2.89. The van der Waals surface area contributed by atoms with E-state index in [-0.39, 0.29) is 0 Å². The molecular formula is C16H24N2O2. The van der Waals surface area contributed by atoms with Crippen molar-refractivity contribution in [1.29, 1.82) is 0 Å². The van der Waals surface area contributed by atoms with Crippen molar-refractivity contribution in [3.05, 3.63) is 29.8 Å². The molecule has 0 aliphatic carbocycles. The van der Waals surface area contributed by atoms with Crippen LogP contribution in [-0.2, 0) is 4.79 Å². The highest BCUT2D eigenvalue weighted by molar-refractivity contribution is 5.67. The fraction of sp³-hybridized carbons (Fsp3) is 0.562. The van der Waals surface area contributed by atoms with Gasteiger partial charge in [-0.15, -0.1) is 0 Å². The second-order valence-corrected chi connectivity index (χ2v) is 5.91. The average Bonchev–Trinajstić information content (AvgIpc) is 2.85. The van der Waals surface area contributed by atoms with E-state index in [1.807, 2.05) is 14.1 Å². The van der Waals surface area contributed by atoms with E-state index in [4.69, 9.17) is 5.11 Å². The van der Waals surface area contributed by atoms with Crippen molar-refractivity contribution in [3.63, 3.8) is 0 Å². The number of rotatable bonds is 5. The molecule has 1 aromatic rings. The van der Waals surface area contributed by atoms with Crippen LogP contribution in [0.3, 0.4) is 0 Å². The molecular weight excluding hydrogens is 252 g/mol. The van der Waals surface area contributed by atoms with E-state index in [9.17, 15) is 4.79 Å². The fourth-order valence-corrected chi connectivity index (χ4v) is 2.89. The van der Waals surface area contributed by atoms with Crippen molar-refractivity contribution >= 4 is 11.7 Å². The minimum absolute atomic E-state index is 0.294. The topological polar surface area (TPSA) is 43.8 Å². The lowest BCUT2D eigenvalue weighted by molar-refractivity contribution is -0.138. The summed E-state index contributed by atoms with van der Waals surface area (Å²) in [5.74, 6) is -0.379. The normalized spacial score (nSPS) is 20.9. The van der Waals surface area contributed by atoms with E-state index in [1.165, 1.54) is 11.3 Å². The summed E-state index contributed by atoms with van der Waals surface area (Å²) in [5.41, 5.74) is 2.50. The summed E-state index contributed by atoms with van der Waals surface area (Å²) < 4.78 is 0. The van der Waals surface area contributed by atoms with Crippen molar-refractivity contribution in [2.75, 3.05) is 32.1 Å². The molecule has 4 nitrogen and oxygen atoms in total. The summed E-state index contributed by atoms with van der Waals surface area (Å²) in [4.78, 5) is 15.3. The van der Waals surface area contributed by atoms with Crippen LogP contribution >= 0.6 is 0 Å². The van der Waals surface area contributed by atoms with Gasteiger partial charge < -0.3 is 10.0 Å². The number of hydrogen-bond donors (Lipinski definition) is 1. The highest BCUT2D eigenvalue weighted by Crippen LogP contribution is 2.29. The summed E-state index contributed by atoms with van der Waals surface area (Å²) in [6, 6.07) is 8.97. The predicted molar refractivity (Wildman–Crippen MR) is 81.1 cm³/mol. The first kappa shape index (κ1) is 14.9. The van der Waals surface area contributed by atoms with E-state index in [0.29, 0.717) is 18.4 Å². The third-order valence-electron chi connectivity index (χ3n) is 4.22. The number of carboxylic acids is 1. The maximum absolute atomic E-state index is 10.8. The van der Waals surface area contributed by atoms with Gasteiger partial charge >= 0.3 is 5.97 Å². The number of benzene rings is 1. The van der Waals surface area contributed by atoms with Crippen molar-refractivity contribution in [3.8, 4) is 0 Å². The van der Waals surface area contributed by atoms with Crippen molar-refractivity contribution < 1.29 is 9.90 Å². The third-order valence-corrected chi connectivity index (χ3v) is 4.22. The molecule has 0 amide bonds. The van der Waals surface area contributed by atoms with E-state index >= 15 is 0 Å². The first-order valence-electron chi connectivity index (χ1n) is 7.20. The van der Waals surface area contributed by atoms with E-state index in [0.717, 1.165) is 19.5 Å². The second-order valence-electron chi connectivity index (χ2n) is 5.91. The van der Waals surface area contributed by atoms with Gasteiger partial charge in [-0.1, -0.05) is 12.1 Å². The molecule has 4 heteroatoms. The Morgan fingerprint density at radius 1 is 1.40 bits per heavy atom. The highest BCUT2D eigenvalue weighted by Gasteiger charge is 2.28. The Morgan fingerprint density at radius 2 is 2.05 bits per heavy atom. The van der Waals surface area contributed by atoms with E-state index < -0.39 is 5.97 Å². The third kappa shape index (κ3) is 3.51. The van der Waals surface area contributed by atoms with Crippen LogP contribution in [0.15, 0.2) is 24.3 Å². The maximum Gasteiger partial charge on any atom is 0.303 e. The number of carboxylic acid groups (broad SMARTS) is 1. The van der Waals surface area contributed by atoms with Crippen LogP contribution in [0.1, 0.15) is 31.4 Å². The molecule has 1 heterocycles. The smallest absolute Gasteiger partial charge is 0.303 e. The highest BCUT2D eigenvalue weighted by atomic mass is 16.4. The Hall–Kier alpha value is -1.55. The predicted octanol–water partition coefficient (Wildman–Crippen LogP) is 2.61. The molecule has 2 rings (SSSR count). The molecule has 2 atom stereocenters. The summed E-state index contributed by atoms with van der Waals surface area (Å²) in [6.07, 6.45) is 1.29. The zero-order valence-corrected chi connectivity index (χ0v) is 12.5. The first-order chi connectivity index (χ1) is 9.47. The molecule has 0 radical (unpaired) electrons. The standard InChI is InChI=1S/C16H24N2O2/c1-12(14-4-6-15(7-5-14)17(2)3)18-9-8-13(11-18)10-16(19)20/h4-7,12-13H,8-11H2,1-3H3,(H,19,20). The van der Waals surface area contributed by atoms with Gasteiger partial charge in [-0.25, -0.2) is 0 Å². The first-order valence-corrected chi connectivity index (χ1v) is 7.20. The number of nitrogens with zero attached hydrogens (tertiary/aromatic N) is 2. The largest absolute Gasteiger partial charge is 0.481 e. The van der Waals surface area contributed by atoms with Crippen LogP contribution in [0.5, 0.6) is 0 Å². The molecule has 1 fully saturated rings. The van der Waals surface area contributed by atoms with Crippen molar-refractivity contribution in [2.24, 2.45) is 5.92 Å². The molecule has 1 aromatic carbocycles. The molecule has 110 valence electrons. The monoisotopic (exact) mass is 276 g/mol. The Balaban J connectivity index is 1.97. The minimum atomic E-state index is -0.681. The molecule has 1 aliphatic heterocycles. The van der Waals surface area contributed by atoms with Gasteiger partial charge in [0.05, 0.1) is 0 Å². The number of aliphatic carboxylic acids is 1. The van der Waals surface area contributed by atoms with Gasteiger partial charge in [0, 0.05) is 38.8 Å². The average molecular weight is 276 g/mol. The molecule has 0 saturated carbocycles. The molecule has 1 saturated heterocycles. The summed E-state index contributed by atoms with van der Waals surface area (Å²) in [5, 5.41) is 8.88. The van der Waals surface area contributed by atoms with Gasteiger partial charge in [0.25, 0.3) is 0 Å². The van der Waals surface area contributed by atoms with Crippen LogP contribution in [0.25, 0.3) is 0 Å². The number of anilines is 1. The van der Waals surface area contributed by atoms with E-state index in [1.54, 1.807) is 0 Å². The van der Waals surface area contributed by atoms with Gasteiger partial charge in [0.1, 0.15) is 0 Å². The number of likely N-dealkylation sites (tertiary alicyclic amines) is 1. The summed E-state index contributed by atoms with van der Waals surface area (Å²) in [7, 11) is 4.07. The molecule has 1 aliphatic rings. The lowest BCUT2D eigenvalue weighted by atomic mass is 10.0. The van der Waals surface area contributed by atoms with Crippen LogP contribution in [0.2, 0.25) is 0 Å². The maximum atomic E-state index is 10.8. The molecule has 0 spiro atoms. The number of hydrogen-bond acceptors (Lipinski definition) is 3. The van der Waals surface area contributed by atoms with Gasteiger partial charge in [-0.3, -0.25) is 9.69 Å². The molecule has 1 N–H and O–H groups in total. The molecule has 2 unspecified atom stereocenters. The van der Waals surface area contributed by atoms with Crippen molar-refractivity contribution in [1.82, 2.24) is 4.90 Å². The van der Waals surface area contributed by atoms with Gasteiger partial charge in [0.2, 0.25) is 0 Å². The van der Waals surface area contributed by atoms with Gasteiger partial charge in [0.15, 0.2) is 0 Å². The van der Waals surface area contributed by atoms with Crippen LogP contribution in [-0.4, -0.2) is 43.2 Å². The summed E-state index contributed by atoms with van der Waals surface area (Å²) in [6.45, 7) is 4.09. The lowest BCUT2D eigenvalue weighted by Crippen LogP contribution is -2.25. The van der Waals surface area contributed by atoms with Crippen molar-refractivity contribution in [2.45, 2.75) is 25.8 Å². The Kier molecular flexibility index (Phi) is 4.65. The van der Waals surface area contributed by atoms with Crippen LogP contribution < -0.4 is 4.90 Å². The SMILES string of the molecule is CC(c1ccc(N(C)C)cc1)N1CCC(CC(=O)O)C1. The summed E-state index contributed by atoms with van der Waals surface area (Å²) >= 11 is 0. The molecule has 0 aromatic heterocycles. The van der Waals surface area contributed by atoms with Crippen LogP contribution in [0, 0.1) is 5.92 Å².